The number of benzene rings is 2. The lowest BCUT2D eigenvalue weighted by molar-refractivity contribution is -0.170. The van der Waals surface area contributed by atoms with Crippen LogP contribution in [0.25, 0.3) is 0 Å². The van der Waals surface area contributed by atoms with Gasteiger partial charge in [0.1, 0.15) is 6.04 Å². The van der Waals surface area contributed by atoms with Crippen molar-refractivity contribution in [1.29, 1.82) is 0 Å². The number of hydrogen-bond acceptors (Lipinski definition) is 8. The number of amides is 4. The number of ether oxygens (including phenoxy) is 3. The maximum atomic E-state index is 13.1. The number of nitrogens with one attached hydrogen (secondary N) is 3. The molecule has 5 N–H and O–H groups in total. The van der Waals surface area contributed by atoms with Gasteiger partial charge < -0.3 is 35.9 Å². The normalized spacial score (nSPS) is 11.9. The van der Waals surface area contributed by atoms with Gasteiger partial charge in [0, 0.05) is 24.6 Å². The van der Waals surface area contributed by atoms with Crippen molar-refractivity contribution in [3.05, 3.63) is 69.8 Å². The lowest BCUT2D eigenvalue weighted by Gasteiger charge is -2.21. The maximum absolute atomic E-state index is 13.1. The Labute approximate surface area is 226 Å². The molecule has 0 radical (unpaired) electrons. The van der Waals surface area contributed by atoms with Crippen LogP contribution in [0.15, 0.2) is 36.4 Å². The van der Waals surface area contributed by atoms with Crippen molar-refractivity contribution in [3.63, 3.8) is 0 Å². The second kappa shape index (κ2) is 14.4. The molecule has 12 heteroatoms. The van der Waals surface area contributed by atoms with Crippen LogP contribution in [0, 0.1) is 20.8 Å². The minimum absolute atomic E-state index is 0.0621. The van der Waals surface area contributed by atoms with Gasteiger partial charge in [-0.15, -0.1) is 0 Å². The number of carbonyl (C=O) groups is 5. The Bertz CT molecular complexity index is 1210. The largest absolute Gasteiger partial charge is 0.511 e. The zero-order chi connectivity index (χ0) is 29.1. The van der Waals surface area contributed by atoms with Crippen molar-refractivity contribution in [3.8, 4) is 0 Å². The van der Waals surface area contributed by atoms with Crippen molar-refractivity contribution in [1.82, 2.24) is 16.0 Å². The number of primary amides is 1. The molecular weight excluding hydrogens is 508 g/mol. The van der Waals surface area contributed by atoms with Crippen molar-refractivity contribution in [2.24, 2.45) is 5.73 Å². The second-order valence-corrected chi connectivity index (χ2v) is 8.73. The Morgan fingerprint density at radius 1 is 0.923 bits per heavy atom. The van der Waals surface area contributed by atoms with E-state index >= 15 is 0 Å². The molecule has 0 saturated heterocycles. The average molecular weight is 543 g/mol. The molecule has 210 valence electrons. The van der Waals surface area contributed by atoms with E-state index in [0.717, 1.165) is 11.1 Å². The zero-order valence-corrected chi connectivity index (χ0v) is 22.6. The van der Waals surface area contributed by atoms with Crippen molar-refractivity contribution >= 4 is 30.0 Å². The molecule has 0 saturated carbocycles. The minimum atomic E-state index is -1.37. The Kier molecular flexibility index (Phi) is 11.3. The molecule has 1 unspecified atom stereocenters. The van der Waals surface area contributed by atoms with Gasteiger partial charge in [0.05, 0.1) is 13.2 Å². The van der Waals surface area contributed by atoms with Crippen molar-refractivity contribution < 1.29 is 38.2 Å². The Morgan fingerprint density at radius 3 is 2.18 bits per heavy atom. The Hall–Kier alpha value is -4.61. The van der Waals surface area contributed by atoms with E-state index in [0.29, 0.717) is 23.2 Å². The molecule has 0 bridgehead atoms. The van der Waals surface area contributed by atoms with Gasteiger partial charge >= 0.3 is 18.2 Å². The summed E-state index contributed by atoms with van der Waals surface area (Å²) in [6.45, 7) is 8.16. The molecule has 0 aliphatic heterocycles. The van der Waals surface area contributed by atoms with Gasteiger partial charge in [-0.05, 0) is 56.5 Å². The molecule has 39 heavy (non-hydrogen) atoms. The monoisotopic (exact) mass is 542 g/mol. The first-order chi connectivity index (χ1) is 18.4. The first kappa shape index (κ1) is 30.6. The summed E-state index contributed by atoms with van der Waals surface area (Å²) in [5, 5.41) is 7.60. The predicted octanol–water partition coefficient (Wildman–Crippen LogP) is 2.37. The van der Waals surface area contributed by atoms with Gasteiger partial charge in [-0.2, -0.15) is 0 Å². The van der Waals surface area contributed by atoms with Gasteiger partial charge in [-0.3, -0.25) is 9.59 Å². The van der Waals surface area contributed by atoms with E-state index in [1.807, 2.05) is 31.2 Å². The van der Waals surface area contributed by atoms with Crippen LogP contribution in [0.5, 0.6) is 0 Å². The van der Waals surface area contributed by atoms with E-state index in [1.54, 1.807) is 32.9 Å². The summed E-state index contributed by atoms with van der Waals surface area (Å²) in [5.41, 5.74) is 8.72. The van der Waals surface area contributed by atoms with E-state index in [9.17, 15) is 24.0 Å². The van der Waals surface area contributed by atoms with Gasteiger partial charge in [0.15, 0.2) is 0 Å². The fraction of sp³-hybridized carbons (Fsp3) is 0.370. The molecule has 2 aromatic rings. The maximum Gasteiger partial charge on any atom is 0.511 e. The zero-order valence-electron chi connectivity index (χ0n) is 22.6. The Balaban J connectivity index is 2.13. The number of hydrogen-bond donors (Lipinski definition) is 4. The SMILES string of the molecule is CCOC(=O)OC(C)OC(=O)[C@H](CNC(N)=O)NC(=O)c1c(C)cc(C(=O)NCc2cccc(C)c2)cc1C. The molecule has 12 nitrogen and oxygen atoms in total. The van der Waals surface area contributed by atoms with E-state index in [-0.39, 0.29) is 24.6 Å². The molecule has 0 aliphatic rings. The molecule has 0 heterocycles. The first-order valence-electron chi connectivity index (χ1n) is 12.2. The summed E-state index contributed by atoms with van der Waals surface area (Å²) >= 11 is 0. The highest BCUT2D eigenvalue weighted by Gasteiger charge is 2.27. The Morgan fingerprint density at radius 2 is 1.59 bits per heavy atom. The summed E-state index contributed by atoms with van der Waals surface area (Å²) in [6.07, 6.45) is -2.37. The topological polar surface area (TPSA) is 175 Å². The van der Waals surface area contributed by atoms with Crippen LogP contribution in [0.4, 0.5) is 9.59 Å². The van der Waals surface area contributed by atoms with Gasteiger partial charge in [0.25, 0.3) is 11.8 Å². The molecule has 0 aliphatic carbocycles. The van der Waals surface area contributed by atoms with Crippen LogP contribution in [-0.2, 0) is 25.5 Å². The number of rotatable bonds is 11. The lowest BCUT2D eigenvalue weighted by atomic mass is 9.98. The van der Waals surface area contributed by atoms with Crippen molar-refractivity contribution in [2.45, 2.75) is 53.5 Å². The summed E-state index contributed by atoms with van der Waals surface area (Å²) in [5.74, 6) is -1.95. The summed E-state index contributed by atoms with van der Waals surface area (Å²) < 4.78 is 14.5. The number of aryl methyl sites for hydroxylation is 3. The molecule has 0 spiro atoms. The van der Waals surface area contributed by atoms with E-state index < -0.39 is 36.4 Å². The smallest absolute Gasteiger partial charge is 0.435 e. The molecule has 4 amide bonds. The molecule has 2 atom stereocenters. The average Bonchev–Trinajstić information content (AvgIpc) is 2.84. The van der Waals surface area contributed by atoms with Crippen LogP contribution in [0.3, 0.4) is 0 Å². The molecular formula is C27H34N4O8. The standard InChI is InChI=1S/C27H34N4O8/c1-6-37-27(36)39-18(5)38-25(34)21(14-30-26(28)35)31-24(33)22-16(3)11-20(12-17(22)4)23(32)29-13-19-9-7-8-15(2)10-19/h7-12,18,21H,6,13-14H2,1-5H3,(H,29,32)(H,31,33)(H3,28,30,35)/t18?,21-/m0/s1. The fourth-order valence-corrected chi connectivity index (χ4v) is 3.74. The van der Waals surface area contributed by atoms with E-state index in [1.165, 1.54) is 6.92 Å². The van der Waals surface area contributed by atoms with Crippen LogP contribution >= 0.6 is 0 Å². The third-order valence-electron chi connectivity index (χ3n) is 5.43. The van der Waals surface area contributed by atoms with E-state index in [2.05, 4.69) is 20.7 Å². The summed E-state index contributed by atoms with van der Waals surface area (Å²) in [6, 6.07) is 8.61. The number of carbonyl (C=O) groups excluding carboxylic acids is 5. The van der Waals surface area contributed by atoms with Crippen molar-refractivity contribution in [2.75, 3.05) is 13.2 Å². The van der Waals surface area contributed by atoms with Crippen LogP contribution < -0.4 is 21.7 Å². The highest BCUT2D eigenvalue weighted by atomic mass is 16.8. The van der Waals surface area contributed by atoms with E-state index in [4.69, 9.17) is 15.2 Å². The van der Waals surface area contributed by atoms with Crippen LogP contribution in [-0.4, -0.2) is 55.5 Å². The number of nitrogens with two attached hydrogens (primary N) is 1. The quantitative estimate of drug-likeness (QED) is 0.247. The highest BCUT2D eigenvalue weighted by molar-refractivity contribution is 6.01. The highest BCUT2D eigenvalue weighted by Crippen LogP contribution is 2.18. The third-order valence-corrected chi connectivity index (χ3v) is 5.43. The predicted molar refractivity (Wildman–Crippen MR) is 141 cm³/mol. The second-order valence-electron chi connectivity index (χ2n) is 8.73. The van der Waals surface area contributed by atoms with Crippen LogP contribution in [0.1, 0.15) is 56.8 Å². The summed E-state index contributed by atoms with van der Waals surface area (Å²) in [7, 11) is 0. The third kappa shape index (κ3) is 9.65. The first-order valence-corrected chi connectivity index (χ1v) is 12.2. The van der Waals surface area contributed by atoms with Gasteiger partial charge in [0.2, 0.25) is 6.29 Å². The fourth-order valence-electron chi connectivity index (χ4n) is 3.74. The van der Waals surface area contributed by atoms with Gasteiger partial charge in [-0.1, -0.05) is 29.8 Å². The minimum Gasteiger partial charge on any atom is -0.435 e. The molecule has 2 rings (SSSR count). The molecule has 0 aromatic heterocycles. The number of urea groups is 1. The molecule has 0 fully saturated rings. The molecule has 2 aromatic carbocycles. The summed E-state index contributed by atoms with van der Waals surface area (Å²) in [4.78, 5) is 61.3. The lowest BCUT2D eigenvalue weighted by Crippen LogP contribution is -2.51. The number of esters is 1. The van der Waals surface area contributed by atoms with Gasteiger partial charge in [-0.25, -0.2) is 14.4 Å². The van der Waals surface area contributed by atoms with Crippen LogP contribution in [0.2, 0.25) is 0 Å².